The second-order valence-corrected chi connectivity index (χ2v) is 6.29. The number of nitrogens with one attached hydrogen (secondary N) is 1. The quantitative estimate of drug-likeness (QED) is 0.870. The summed E-state index contributed by atoms with van der Waals surface area (Å²) in [5, 5.41) is 3.31. The van der Waals surface area contributed by atoms with Crippen LogP contribution in [-0.4, -0.2) is 46.7 Å². The number of carbonyl (C=O) groups is 1. The van der Waals surface area contributed by atoms with Crippen molar-refractivity contribution >= 4 is 6.09 Å². The van der Waals surface area contributed by atoms with Crippen LogP contribution in [-0.2, 0) is 11.3 Å². The monoisotopic (exact) mass is 294 g/mol. The van der Waals surface area contributed by atoms with E-state index >= 15 is 0 Å². The first kappa shape index (κ1) is 17.4. The number of rotatable bonds is 6. The van der Waals surface area contributed by atoms with Gasteiger partial charge in [-0.25, -0.2) is 4.79 Å². The Kier molecular flexibility index (Phi) is 6.55. The summed E-state index contributed by atoms with van der Waals surface area (Å²) in [6, 6.07) is 0. The van der Waals surface area contributed by atoms with E-state index in [0.29, 0.717) is 19.0 Å². The highest BCUT2D eigenvalue weighted by Gasteiger charge is 2.20. The molecule has 1 rings (SSSR count). The van der Waals surface area contributed by atoms with Gasteiger partial charge >= 0.3 is 6.09 Å². The second-order valence-electron chi connectivity index (χ2n) is 6.29. The number of carbonyl (C=O) groups excluding carboxylic acids is 1. The molecule has 1 aromatic heterocycles. The van der Waals surface area contributed by atoms with Gasteiger partial charge in [-0.1, -0.05) is 6.92 Å². The highest BCUT2D eigenvalue weighted by atomic mass is 16.6. The summed E-state index contributed by atoms with van der Waals surface area (Å²) < 4.78 is 5.32. The Morgan fingerprint density at radius 2 is 2.14 bits per heavy atom. The summed E-state index contributed by atoms with van der Waals surface area (Å²) in [4.78, 5) is 21.7. The minimum atomic E-state index is -0.460. The van der Waals surface area contributed by atoms with Crippen molar-refractivity contribution in [1.82, 2.24) is 20.2 Å². The zero-order valence-corrected chi connectivity index (χ0v) is 13.6. The van der Waals surface area contributed by atoms with Gasteiger partial charge in [0.15, 0.2) is 0 Å². The molecule has 1 heterocycles. The first-order chi connectivity index (χ1) is 9.78. The number of amides is 1. The minimum absolute atomic E-state index is 0.289. The average Bonchev–Trinajstić information content (AvgIpc) is 2.37. The van der Waals surface area contributed by atoms with Crippen LogP contribution in [0, 0.1) is 5.92 Å². The number of aromatic nitrogens is 2. The lowest BCUT2D eigenvalue weighted by molar-refractivity contribution is 0.0277. The summed E-state index contributed by atoms with van der Waals surface area (Å²) in [5.41, 5.74) is 0.448. The number of ether oxygens (including phenoxy) is 1. The van der Waals surface area contributed by atoms with Crippen molar-refractivity contribution in [2.45, 2.75) is 39.8 Å². The molecule has 1 aromatic rings. The van der Waals surface area contributed by atoms with Gasteiger partial charge in [0.2, 0.25) is 0 Å². The summed E-state index contributed by atoms with van der Waals surface area (Å²) in [6.45, 7) is 9.80. The number of nitrogens with zero attached hydrogens (tertiary/aromatic N) is 3. The molecule has 0 fully saturated rings. The fourth-order valence-electron chi connectivity index (χ4n) is 1.81. The molecule has 1 unspecified atom stereocenters. The molecule has 1 amide bonds. The Labute approximate surface area is 126 Å². The fourth-order valence-corrected chi connectivity index (χ4v) is 1.81. The highest BCUT2D eigenvalue weighted by molar-refractivity contribution is 5.67. The molecule has 6 heteroatoms. The number of hydrogen-bond donors (Lipinski definition) is 1. The minimum Gasteiger partial charge on any atom is -0.444 e. The van der Waals surface area contributed by atoms with Crippen LogP contribution in [0.2, 0.25) is 0 Å². The first-order valence-corrected chi connectivity index (χ1v) is 7.17. The van der Waals surface area contributed by atoms with E-state index in [1.165, 1.54) is 0 Å². The Balaban J connectivity index is 2.26. The van der Waals surface area contributed by atoms with Crippen molar-refractivity contribution in [1.29, 1.82) is 0 Å². The van der Waals surface area contributed by atoms with Gasteiger partial charge in [0.05, 0.1) is 5.69 Å². The van der Waals surface area contributed by atoms with Gasteiger partial charge in [0.25, 0.3) is 0 Å². The maximum absolute atomic E-state index is 11.9. The van der Waals surface area contributed by atoms with E-state index in [2.05, 4.69) is 22.2 Å². The standard InChI is InChI=1S/C15H26N4O2/c1-12(8-17-10-13-9-16-6-7-18-13)11-19(5)14(20)21-15(2,3)4/h6-7,9,12,17H,8,10-11H2,1-5H3. The van der Waals surface area contributed by atoms with Crippen LogP contribution in [0.4, 0.5) is 4.79 Å². The maximum Gasteiger partial charge on any atom is 0.410 e. The van der Waals surface area contributed by atoms with Gasteiger partial charge in [-0.3, -0.25) is 9.97 Å². The molecule has 0 radical (unpaired) electrons. The molecule has 0 aliphatic rings. The molecule has 118 valence electrons. The van der Waals surface area contributed by atoms with Crippen molar-refractivity contribution in [2.75, 3.05) is 20.1 Å². The molecule has 1 atom stereocenters. The average molecular weight is 294 g/mol. The van der Waals surface area contributed by atoms with Gasteiger partial charge in [0, 0.05) is 38.7 Å². The van der Waals surface area contributed by atoms with E-state index in [9.17, 15) is 4.79 Å². The van der Waals surface area contributed by atoms with Crippen LogP contribution in [0.3, 0.4) is 0 Å². The summed E-state index contributed by atoms with van der Waals surface area (Å²) in [7, 11) is 1.76. The largest absolute Gasteiger partial charge is 0.444 e. The van der Waals surface area contributed by atoms with Crippen molar-refractivity contribution in [3.05, 3.63) is 24.3 Å². The van der Waals surface area contributed by atoms with E-state index in [1.807, 2.05) is 20.8 Å². The van der Waals surface area contributed by atoms with Gasteiger partial charge < -0.3 is 15.0 Å². The topological polar surface area (TPSA) is 67.4 Å². The Morgan fingerprint density at radius 1 is 1.43 bits per heavy atom. The molecule has 0 bridgehead atoms. The highest BCUT2D eigenvalue weighted by Crippen LogP contribution is 2.10. The van der Waals surface area contributed by atoms with E-state index < -0.39 is 5.60 Å². The second kappa shape index (κ2) is 7.93. The van der Waals surface area contributed by atoms with Crippen molar-refractivity contribution in [3.63, 3.8) is 0 Å². The Bertz CT molecular complexity index is 431. The van der Waals surface area contributed by atoms with Crippen LogP contribution in [0.25, 0.3) is 0 Å². The molecule has 21 heavy (non-hydrogen) atoms. The zero-order valence-electron chi connectivity index (χ0n) is 13.6. The summed E-state index contributed by atoms with van der Waals surface area (Å²) >= 11 is 0. The predicted octanol–water partition coefficient (Wildman–Crippen LogP) is 2.07. The molecule has 0 saturated carbocycles. The molecule has 0 spiro atoms. The normalized spacial score (nSPS) is 12.8. The van der Waals surface area contributed by atoms with E-state index in [4.69, 9.17) is 4.74 Å². The molecule has 6 nitrogen and oxygen atoms in total. The molecule has 0 aromatic carbocycles. The van der Waals surface area contributed by atoms with Crippen LogP contribution < -0.4 is 5.32 Å². The lowest BCUT2D eigenvalue weighted by atomic mass is 10.1. The molecule has 0 aliphatic carbocycles. The third-order valence-electron chi connectivity index (χ3n) is 2.71. The lowest BCUT2D eigenvalue weighted by Gasteiger charge is -2.26. The molecule has 0 aliphatic heterocycles. The van der Waals surface area contributed by atoms with Gasteiger partial charge in [-0.05, 0) is 33.2 Å². The third-order valence-corrected chi connectivity index (χ3v) is 2.71. The van der Waals surface area contributed by atoms with Crippen molar-refractivity contribution < 1.29 is 9.53 Å². The Morgan fingerprint density at radius 3 is 2.71 bits per heavy atom. The van der Waals surface area contributed by atoms with Crippen molar-refractivity contribution in [2.24, 2.45) is 5.92 Å². The van der Waals surface area contributed by atoms with E-state index in [-0.39, 0.29) is 6.09 Å². The fraction of sp³-hybridized carbons (Fsp3) is 0.667. The first-order valence-electron chi connectivity index (χ1n) is 7.17. The van der Waals surface area contributed by atoms with Gasteiger partial charge in [0.1, 0.15) is 5.60 Å². The van der Waals surface area contributed by atoms with E-state index in [0.717, 1.165) is 12.2 Å². The SMILES string of the molecule is CC(CNCc1cnccn1)CN(C)C(=O)OC(C)(C)C. The van der Waals surface area contributed by atoms with Gasteiger partial charge in [-0.15, -0.1) is 0 Å². The smallest absolute Gasteiger partial charge is 0.410 e. The zero-order chi connectivity index (χ0) is 15.9. The number of hydrogen-bond acceptors (Lipinski definition) is 5. The Hall–Kier alpha value is -1.69. The van der Waals surface area contributed by atoms with Gasteiger partial charge in [-0.2, -0.15) is 0 Å². The van der Waals surface area contributed by atoms with Crippen LogP contribution in [0.15, 0.2) is 18.6 Å². The maximum atomic E-state index is 11.9. The van der Waals surface area contributed by atoms with E-state index in [1.54, 1.807) is 30.5 Å². The van der Waals surface area contributed by atoms with Crippen molar-refractivity contribution in [3.8, 4) is 0 Å². The van der Waals surface area contributed by atoms with Crippen LogP contribution in [0.5, 0.6) is 0 Å². The molecular formula is C15H26N4O2. The lowest BCUT2D eigenvalue weighted by Crippen LogP contribution is -2.38. The summed E-state index contributed by atoms with van der Waals surface area (Å²) in [5.74, 6) is 0.319. The predicted molar refractivity (Wildman–Crippen MR) is 81.8 cm³/mol. The third kappa shape index (κ3) is 7.60. The molecule has 1 N–H and O–H groups in total. The van der Waals surface area contributed by atoms with Crippen LogP contribution in [0.1, 0.15) is 33.4 Å². The molecule has 0 saturated heterocycles. The molecular weight excluding hydrogens is 268 g/mol. The summed E-state index contributed by atoms with van der Waals surface area (Å²) in [6.07, 6.45) is 4.78. The van der Waals surface area contributed by atoms with Crippen LogP contribution >= 0.6 is 0 Å².